The highest BCUT2D eigenvalue weighted by molar-refractivity contribution is 9.09. The standard InChI is InChI=1S/C10H14BrN/c1-2-12-10-6-4-3-5-9(10)7-8-11/h3-6,12H,2,7-8H2,1H3. The van der Waals surface area contributed by atoms with E-state index in [0.717, 1.165) is 18.3 Å². The van der Waals surface area contributed by atoms with Crippen LogP contribution in [0, 0.1) is 0 Å². The molecule has 1 nitrogen and oxygen atoms in total. The van der Waals surface area contributed by atoms with Gasteiger partial charge in [-0.15, -0.1) is 0 Å². The van der Waals surface area contributed by atoms with Crippen molar-refractivity contribution in [3.8, 4) is 0 Å². The molecule has 0 aliphatic carbocycles. The number of aryl methyl sites for hydroxylation is 1. The van der Waals surface area contributed by atoms with Crippen molar-refractivity contribution in [3.05, 3.63) is 29.8 Å². The molecule has 0 aromatic heterocycles. The first-order valence-electron chi connectivity index (χ1n) is 4.26. The van der Waals surface area contributed by atoms with Crippen LogP contribution in [0.4, 0.5) is 5.69 Å². The molecule has 0 fully saturated rings. The van der Waals surface area contributed by atoms with Crippen molar-refractivity contribution in [1.82, 2.24) is 0 Å². The van der Waals surface area contributed by atoms with Crippen LogP contribution in [0.2, 0.25) is 0 Å². The molecule has 2 heteroatoms. The summed E-state index contributed by atoms with van der Waals surface area (Å²) in [4.78, 5) is 0. The van der Waals surface area contributed by atoms with Gasteiger partial charge in [-0.2, -0.15) is 0 Å². The van der Waals surface area contributed by atoms with E-state index >= 15 is 0 Å². The minimum absolute atomic E-state index is 0.985. The van der Waals surface area contributed by atoms with Gasteiger partial charge in [0.25, 0.3) is 0 Å². The van der Waals surface area contributed by atoms with Crippen LogP contribution < -0.4 is 5.32 Å². The van der Waals surface area contributed by atoms with E-state index in [1.807, 2.05) is 0 Å². The Morgan fingerprint density at radius 3 is 2.75 bits per heavy atom. The molecule has 0 radical (unpaired) electrons. The Hall–Kier alpha value is -0.500. The lowest BCUT2D eigenvalue weighted by Crippen LogP contribution is -2.00. The first-order valence-corrected chi connectivity index (χ1v) is 5.38. The van der Waals surface area contributed by atoms with Crippen molar-refractivity contribution in [2.24, 2.45) is 0 Å². The van der Waals surface area contributed by atoms with Gasteiger partial charge in [0, 0.05) is 17.6 Å². The van der Waals surface area contributed by atoms with Crippen molar-refractivity contribution in [3.63, 3.8) is 0 Å². The number of hydrogen-bond donors (Lipinski definition) is 1. The van der Waals surface area contributed by atoms with Crippen LogP contribution in [0.5, 0.6) is 0 Å². The third kappa shape index (κ3) is 2.52. The van der Waals surface area contributed by atoms with Crippen LogP contribution in [0.1, 0.15) is 12.5 Å². The molecule has 0 saturated carbocycles. The van der Waals surface area contributed by atoms with Crippen molar-refractivity contribution < 1.29 is 0 Å². The highest BCUT2D eigenvalue weighted by atomic mass is 79.9. The molecule has 0 spiro atoms. The molecule has 1 aromatic carbocycles. The molecule has 0 atom stereocenters. The number of alkyl halides is 1. The van der Waals surface area contributed by atoms with Gasteiger partial charge in [-0.05, 0) is 25.0 Å². The second kappa shape index (κ2) is 5.20. The largest absolute Gasteiger partial charge is 0.385 e. The van der Waals surface area contributed by atoms with E-state index in [1.165, 1.54) is 11.3 Å². The lowest BCUT2D eigenvalue weighted by Gasteiger charge is -2.08. The van der Waals surface area contributed by atoms with Crippen LogP contribution in [0.15, 0.2) is 24.3 Å². The average molecular weight is 228 g/mol. The molecule has 0 saturated heterocycles. The summed E-state index contributed by atoms with van der Waals surface area (Å²) in [7, 11) is 0. The first-order chi connectivity index (χ1) is 5.88. The van der Waals surface area contributed by atoms with Gasteiger partial charge >= 0.3 is 0 Å². The molecule has 0 bridgehead atoms. The first kappa shape index (κ1) is 9.59. The molecular formula is C10H14BrN. The number of benzene rings is 1. The molecule has 0 unspecified atom stereocenters. The average Bonchev–Trinajstić information content (AvgIpc) is 2.09. The summed E-state index contributed by atoms with van der Waals surface area (Å²) in [6.45, 7) is 3.10. The highest BCUT2D eigenvalue weighted by Crippen LogP contribution is 2.15. The molecule has 1 N–H and O–H groups in total. The number of para-hydroxylation sites is 1. The summed E-state index contributed by atoms with van der Waals surface area (Å²) in [5.41, 5.74) is 2.65. The zero-order chi connectivity index (χ0) is 8.81. The van der Waals surface area contributed by atoms with E-state index in [0.29, 0.717) is 0 Å². The summed E-state index contributed by atoms with van der Waals surface area (Å²) in [6, 6.07) is 8.44. The van der Waals surface area contributed by atoms with Gasteiger partial charge in [0.15, 0.2) is 0 Å². The van der Waals surface area contributed by atoms with E-state index in [2.05, 4.69) is 52.4 Å². The van der Waals surface area contributed by atoms with Gasteiger partial charge in [0.05, 0.1) is 0 Å². The third-order valence-corrected chi connectivity index (χ3v) is 2.14. The maximum atomic E-state index is 3.44. The number of nitrogens with one attached hydrogen (secondary N) is 1. The maximum absolute atomic E-state index is 3.44. The summed E-state index contributed by atoms with van der Waals surface area (Å²) in [6.07, 6.45) is 1.09. The molecule has 0 heterocycles. The van der Waals surface area contributed by atoms with Gasteiger partial charge < -0.3 is 5.32 Å². The van der Waals surface area contributed by atoms with Crippen molar-refractivity contribution >= 4 is 21.6 Å². The molecule has 0 aliphatic heterocycles. The number of hydrogen-bond acceptors (Lipinski definition) is 1. The smallest absolute Gasteiger partial charge is 0.0372 e. The fourth-order valence-electron chi connectivity index (χ4n) is 1.20. The second-order valence-corrected chi connectivity index (χ2v) is 3.42. The number of anilines is 1. The summed E-state index contributed by atoms with van der Waals surface area (Å²) >= 11 is 3.44. The van der Waals surface area contributed by atoms with Gasteiger partial charge in [-0.3, -0.25) is 0 Å². The fraction of sp³-hybridized carbons (Fsp3) is 0.400. The van der Waals surface area contributed by atoms with Crippen LogP contribution in [-0.2, 0) is 6.42 Å². The van der Waals surface area contributed by atoms with Crippen LogP contribution in [0.3, 0.4) is 0 Å². The van der Waals surface area contributed by atoms with Crippen LogP contribution >= 0.6 is 15.9 Å². The zero-order valence-electron chi connectivity index (χ0n) is 7.31. The quantitative estimate of drug-likeness (QED) is 0.781. The van der Waals surface area contributed by atoms with E-state index < -0.39 is 0 Å². The monoisotopic (exact) mass is 227 g/mol. The summed E-state index contributed by atoms with van der Waals surface area (Å²) < 4.78 is 0. The number of halogens is 1. The highest BCUT2D eigenvalue weighted by Gasteiger charge is 1.97. The molecule has 0 aliphatic rings. The zero-order valence-corrected chi connectivity index (χ0v) is 8.89. The lowest BCUT2D eigenvalue weighted by atomic mass is 10.1. The van der Waals surface area contributed by atoms with Gasteiger partial charge in [-0.1, -0.05) is 34.1 Å². The predicted octanol–water partition coefficient (Wildman–Crippen LogP) is 3.06. The van der Waals surface area contributed by atoms with Gasteiger partial charge in [0.1, 0.15) is 0 Å². The van der Waals surface area contributed by atoms with Crippen molar-refractivity contribution in [1.29, 1.82) is 0 Å². The number of rotatable bonds is 4. The molecule has 0 amide bonds. The Morgan fingerprint density at radius 2 is 2.08 bits per heavy atom. The van der Waals surface area contributed by atoms with Crippen molar-refractivity contribution in [2.75, 3.05) is 17.2 Å². The molecule has 1 rings (SSSR count). The topological polar surface area (TPSA) is 12.0 Å². The second-order valence-electron chi connectivity index (χ2n) is 2.63. The lowest BCUT2D eigenvalue weighted by molar-refractivity contribution is 1.13. The van der Waals surface area contributed by atoms with E-state index in [1.54, 1.807) is 0 Å². The normalized spacial score (nSPS) is 9.83. The van der Waals surface area contributed by atoms with Gasteiger partial charge in [-0.25, -0.2) is 0 Å². The van der Waals surface area contributed by atoms with Gasteiger partial charge in [0.2, 0.25) is 0 Å². The predicted molar refractivity (Wildman–Crippen MR) is 58.1 cm³/mol. The molecule has 1 aromatic rings. The fourth-order valence-corrected chi connectivity index (χ4v) is 1.63. The van der Waals surface area contributed by atoms with E-state index in [4.69, 9.17) is 0 Å². The maximum Gasteiger partial charge on any atom is 0.0372 e. The minimum Gasteiger partial charge on any atom is -0.385 e. The molecule has 66 valence electrons. The van der Waals surface area contributed by atoms with E-state index in [9.17, 15) is 0 Å². The summed E-state index contributed by atoms with van der Waals surface area (Å²) in [5, 5.41) is 4.36. The van der Waals surface area contributed by atoms with Crippen LogP contribution in [-0.4, -0.2) is 11.9 Å². The SMILES string of the molecule is CCNc1ccccc1CCBr. The summed E-state index contributed by atoms with van der Waals surface area (Å²) in [5.74, 6) is 0. The Balaban J connectivity index is 2.77. The minimum atomic E-state index is 0.985. The Labute approximate surface area is 82.3 Å². The van der Waals surface area contributed by atoms with E-state index in [-0.39, 0.29) is 0 Å². The van der Waals surface area contributed by atoms with Crippen LogP contribution in [0.25, 0.3) is 0 Å². The Morgan fingerprint density at radius 1 is 1.33 bits per heavy atom. The van der Waals surface area contributed by atoms with Crippen molar-refractivity contribution in [2.45, 2.75) is 13.3 Å². The third-order valence-electron chi connectivity index (χ3n) is 1.75. The Bertz CT molecular complexity index is 210. The Kier molecular flexibility index (Phi) is 4.15. The molecule has 12 heavy (non-hydrogen) atoms. The molecular weight excluding hydrogens is 214 g/mol.